The maximum absolute atomic E-state index is 12.0. The van der Waals surface area contributed by atoms with Crippen LogP contribution in [0, 0.1) is 20.8 Å². The van der Waals surface area contributed by atoms with Gasteiger partial charge in [0.1, 0.15) is 16.9 Å². The van der Waals surface area contributed by atoms with Gasteiger partial charge < -0.3 is 19.2 Å². The molecule has 28 heavy (non-hydrogen) atoms. The summed E-state index contributed by atoms with van der Waals surface area (Å²) in [7, 11) is 0. The first kappa shape index (κ1) is 21.8. The minimum atomic E-state index is -0.526. The van der Waals surface area contributed by atoms with Crippen LogP contribution in [-0.2, 0) is 4.74 Å². The van der Waals surface area contributed by atoms with E-state index in [0.29, 0.717) is 29.9 Å². The standard InChI is InChI=1S/C22H31NO5/c1-8-16(23-21(25)28-22(5,6)7)11-12-26-18-10-9-17-13(2)14(3)20(24)27-19(17)15(18)4/h9-10,16H,8,11-12H2,1-7H3,(H,23,25)/t16-/m0/s1. The fraction of sp³-hybridized carbons (Fsp3) is 0.545. The molecule has 6 heteroatoms. The van der Waals surface area contributed by atoms with Gasteiger partial charge >= 0.3 is 11.7 Å². The molecule has 0 aliphatic carbocycles. The van der Waals surface area contributed by atoms with Gasteiger partial charge in [-0.25, -0.2) is 9.59 Å². The van der Waals surface area contributed by atoms with Crippen molar-refractivity contribution in [2.24, 2.45) is 0 Å². The first-order chi connectivity index (χ1) is 13.0. The van der Waals surface area contributed by atoms with E-state index in [4.69, 9.17) is 13.9 Å². The van der Waals surface area contributed by atoms with Gasteiger partial charge in [0, 0.05) is 29.0 Å². The topological polar surface area (TPSA) is 77.8 Å². The fourth-order valence-corrected chi connectivity index (χ4v) is 2.94. The average Bonchev–Trinajstić information content (AvgIpc) is 2.59. The van der Waals surface area contributed by atoms with Crippen LogP contribution in [0.5, 0.6) is 5.75 Å². The Balaban J connectivity index is 2.05. The fourth-order valence-electron chi connectivity index (χ4n) is 2.94. The van der Waals surface area contributed by atoms with Crippen molar-refractivity contribution in [1.82, 2.24) is 5.32 Å². The van der Waals surface area contributed by atoms with Gasteiger partial charge in [-0.15, -0.1) is 0 Å². The summed E-state index contributed by atoms with van der Waals surface area (Å²) < 4.78 is 16.7. The molecular formula is C22H31NO5. The molecule has 0 bridgehead atoms. The van der Waals surface area contributed by atoms with E-state index in [1.54, 1.807) is 6.92 Å². The smallest absolute Gasteiger partial charge is 0.407 e. The van der Waals surface area contributed by atoms with Crippen LogP contribution in [0.15, 0.2) is 21.3 Å². The first-order valence-corrected chi connectivity index (χ1v) is 9.69. The molecule has 1 atom stereocenters. The lowest BCUT2D eigenvalue weighted by Crippen LogP contribution is -2.39. The molecule has 1 aromatic heterocycles. The van der Waals surface area contributed by atoms with Crippen LogP contribution in [0.2, 0.25) is 0 Å². The second-order valence-electron chi connectivity index (χ2n) is 8.09. The molecule has 0 saturated heterocycles. The highest BCUT2D eigenvalue weighted by atomic mass is 16.6. The molecule has 0 fully saturated rings. The molecule has 1 amide bonds. The summed E-state index contributed by atoms with van der Waals surface area (Å²) >= 11 is 0. The number of benzene rings is 1. The minimum absolute atomic E-state index is 0.0431. The molecule has 0 unspecified atom stereocenters. The Kier molecular flexibility index (Phi) is 6.75. The highest BCUT2D eigenvalue weighted by Crippen LogP contribution is 2.29. The number of aryl methyl sites for hydroxylation is 2. The molecule has 1 heterocycles. The number of amides is 1. The lowest BCUT2D eigenvalue weighted by atomic mass is 10.0. The van der Waals surface area contributed by atoms with Crippen molar-refractivity contribution in [2.75, 3.05) is 6.61 Å². The Hall–Kier alpha value is -2.50. The third kappa shape index (κ3) is 5.27. The minimum Gasteiger partial charge on any atom is -0.493 e. The number of rotatable bonds is 6. The largest absolute Gasteiger partial charge is 0.493 e. The third-order valence-corrected chi connectivity index (χ3v) is 4.76. The maximum Gasteiger partial charge on any atom is 0.407 e. The number of fused-ring (bicyclic) bond motifs is 1. The summed E-state index contributed by atoms with van der Waals surface area (Å²) in [5, 5.41) is 3.79. The van der Waals surface area contributed by atoms with E-state index in [0.717, 1.165) is 22.9 Å². The van der Waals surface area contributed by atoms with Crippen molar-refractivity contribution in [1.29, 1.82) is 0 Å². The molecule has 1 aromatic carbocycles. The van der Waals surface area contributed by atoms with E-state index in [1.165, 1.54) is 0 Å². The van der Waals surface area contributed by atoms with E-state index in [9.17, 15) is 9.59 Å². The zero-order valence-corrected chi connectivity index (χ0v) is 17.9. The Morgan fingerprint density at radius 3 is 2.43 bits per heavy atom. The second-order valence-corrected chi connectivity index (χ2v) is 8.09. The van der Waals surface area contributed by atoms with Crippen molar-refractivity contribution in [2.45, 2.75) is 73.0 Å². The quantitative estimate of drug-likeness (QED) is 0.719. The summed E-state index contributed by atoms with van der Waals surface area (Å²) in [6.45, 7) is 13.5. The number of hydrogen-bond donors (Lipinski definition) is 1. The number of carbonyl (C=O) groups is 1. The van der Waals surface area contributed by atoms with E-state index in [2.05, 4.69) is 5.32 Å². The van der Waals surface area contributed by atoms with Crippen LogP contribution in [0.1, 0.15) is 57.2 Å². The summed E-state index contributed by atoms with van der Waals surface area (Å²) in [5.74, 6) is 0.672. The predicted molar refractivity (Wildman–Crippen MR) is 110 cm³/mol. The van der Waals surface area contributed by atoms with Crippen molar-refractivity contribution in [3.63, 3.8) is 0 Å². The molecule has 0 saturated carbocycles. The molecule has 0 radical (unpaired) electrons. The summed E-state index contributed by atoms with van der Waals surface area (Å²) in [6.07, 6.45) is 0.991. The Labute approximate surface area is 166 Å². The molecule has 0 spiro atoms. The zero-order valence-electron chi connectivity index (χ0n) is 17.9. The van der Waals surface area contributed by atoms with Gasteiger partial charge in [0.15, 0.2) is 0 Å². The molecule has 0 aliphatic rings. The van der Waals surface area contributed by atoms with Crippen molar-refractivity contribution < 1.29 is 18.7 Å². The highest BCUT2D eigenvalue weighted by molar-refractivity contribution is 5.85. The Morgan fingerprint density at radius 2 is 1.82 bits per heavy atom. The lowest BCUT2D eigenvalue weighted by molar-refractivity contribution is 0.0496. The normalized spacial score (nSPS) is 12.7. The van der Waals surface area contributed by atoms with Crippen LogP contribution >= 0.6 is 0 Å². The van der Waals surface area contributed by atoms with Gasteiger partial charge in [-0.3, -0.25) is 0 Å². The average molecular weight is 389 g/mol. The summed E-state index contributed by atoms with van der Waals surface area (Å²) in [5.41, 5.74) is 2.06. The van der Waals surface area contributed by atoms with Crippen LogP contribution in [0.25, 0.3) is 11.0 Å². The van der Waals surface area contributed by atoms with Gasteiger partial charge in [-0.05, 0) is 65.7 Å². The monoisotopic (exact) mass is 389 g/mol. The molecule has 154 valence electrons. The number of carbonyl (C=O) groups excluding carboxylic acids is 1. The maximum atomic E-state index is 12.0. The van der Waals surface area contributed by atoms with Crippen LogP contribution in [0.3, 0.4) is 0 Å². The molecule has 2 aromatic rings. The predicted octanol–water partition coefficient (Wildman–Crippen LogP) is 4.79. The molecule has 2 rings (SSSR count). The lowest BCUT2D eigenvalue weighted by Gasteiger charge is -2.23. The van der Waals surface area contributed by atoms with Crippen LogP contribution in [-0.4, -0.2) is 24.3 Å². The number of hydrogen-bond acceptors (Lipinski definition) is 5. The van der Waals surface area contributed by atoms with E-state index >= 15 is 0 Å². The molecular weight excluding hydrogens is 358 g/mol. The second kappa shape index (κ2) is 8.67. The first-order valence-electron chi connectivity index (χ1n) is 9.69. The van der Waals surface area contributed by atoms with Crippen molar-refractivity contribution in [3.8, 4) is 5.75 Å². The Morgan fingerprint density at radius 1 is 1.14 bits per heavy atom. The number of nitrogens with one attached hydrogen (secondary N) is 1. The molecule has 0 aliphatic heterocycles. The zero-order chi connectivity index (χ0) is 21.1. The van der Waals surface area contributed by atoms with Gasteiger partial charge in [-0.2, -0.15) is 0 Å². The number of ether oxygens (including phenoxy) is 2. The Bertz CT molecular complexity index is 908. The van der Waals surface area contributed by atoms with E-state index in [-0.39, 0.29) is 11.7 Å². The SMILES string of the molecule is CC[C@@H](CCOc1ccc2c(C)c(C)c(=O)oc2c1C)NC(=O)OC(C)(C)C. The van der Waals surface area contributed by atoms with Crippen molar-refractivity contribution >= 4 is 17.1 Å². The van der Waals surface area contributed by atoms with E-state index < -0.39 is 11.7 Å². The van der Waals surface area contributed by atoms with E-state index in [1.807, 2.05) is 53.7 Å². The van der Waals surface area contributed by atoms with Gasteiger partial charge in [0.2, 0.25) is 0 Å². The van der Waals surface area contributed by atoms with Crippen LogP contribution in [0.4, 0.5) is 4.79 Å². The third-order valence-electron chi connectivity index (χ3n) is 4.76. The van der Waals surface area contributed by atoms with Crippen LogP contribution < -0.4 is 15.7 Å². The highest BCUT2D eigenvalue weighted by Gasteiger charge is 2.19. The van der Waals surface area contributed by atoms with Gasteiger partial charge in [0.05, 0.1) is 6.61 Å². The number of alkyl carbamates (subject to hydrolysis) is 1. The summed E-state index contributed by atoms with van der Waals surface area (Å²) in [4.78, 5) is 23.9. The molecule has 6 nitrogen and oxygen atoms in total. The van der Waals surface area contributed by atoms with Gasteiger partial charge in [-0.1, -0.05) is 6.92 Å². The van der Waals surface area contributed by atoms with Crippen molar-refractivity contribution in [3.05, 3.63) is 39.2 Å². The summed E-state index contributed by atoms with van der Waals surface area (Å²) in [6, 6.07) is 3.77. The molecule has 1 N–H and O–H groups in total. The van der Waals surface area contributed by atoms with Gasteiger partial charge in [0.25, 0.3) is 0 Å².